The molecule has 0 aliphatic heterocycles. The van der Waals surface area contributed by atoms with Gasteiger partial charge in [-0.2, -0.15) is 23.5 Å². The molecule has 0 saturated carbocycles. The highest BCUT2D eigenvalue weighted by Gasteiger charge is 2.26. The molecule has 0 heterocycles. The molecule has 0 aromatic carbocycles. The van der Waals surface area contributed by atoms with Gasteiger partial charge in [-0.25, -0.2) is 9.59 Å². The highest BCUT2D eigenvalue weighted by atomic mass is 32.2. The van der Waals surface area contributed by atoms with Crippen molar-refractivity contribution < 1.29 is 19.4 Å². The third-order valence-corrected chi connectivity index (χ3v) is 4.53. The van der Waals surface area contributed by atoms with Crippen molar-refractivity contribution in [3.8, 4) is 0 Å². The van der Waals surface area contributed by atoms with Gasteiger partial charge in [0.1, 0.15) is 11.6 Å². The summed E-state index contributed by atoms with van der Waals surface area (Å²) in [7, 11) is 0. The predicted octanol–water partition coefficient (Wildman–Crippen LogP) is 2.41. The molecule has 0 bridgehead atoms. The molecule has 0 aliphatic carbocycles. The lowest BCUT2D eigenvalue weighted by Gasteiger charge is -2.23. The number of rotatable bonds is 6. The molecule has 0 radical (unpaired) electrons. The maximum atomic E-state index is 11.5. The number of aliphatic carboxylic acids is 1. The minimum absolute atomic E-state index is 0.126. The first-order valence-electron chi connectivity index (χ1n) is 5.47. The summed E-state index contributed by atoms with van der Waals surface area (Å²) in [5.74, 6) is -1.05. The molecule has 18 heavy (non-hydrogen) atoms. The molecule has 7 heteroatoms. The Balaban J connectivity index is 4.45. The second-order valence-corrected chi connectivity index (χ2v) is 7.05. The number of carboxylic acid groups (broad SMARTS) is 1. The van der Waals surface area contributed by atoms with Crippen molar-refractivity contribution >= 4 is 35.6 Å². The van der Waals surface area contributed by atoms with Gasteiger partial charge in [-0.3, -0.25) is 0 Å². The lowest BCUT2D eigenvalue weighted by atomic mass is 10.2. The van der Waals surface area contributed by atoms with E-state index in [2.05, 4.69) is 5.32 Å². The smallest absolute Gasteiger partial charge is 0.408 e. The molecule has 0 rings (SSSR count). The van der Waals surface area contributed by atoms with Crippen LogP contribution in [0.2, 0.25) is 0 Å². The average Bonchev–Trinajstić information content (AvgIpc) is 2.21. The number of amides is 1. The Morgan fingerprint density at radius 2 is 1.78 bits per heavy atom. The van der Waals surface area contributed by atoms with E-state index in [0.29, 0.717) is 6.42 Å². The molecule has 0 aromatic rings. The monoisotopic (exact) mass is 295 g/mol. The third-order valence-electron chi connectivity index (χ3n) is 1.94. The van der Waals surface area contributed by atoms with E-state index in [1.807, 2.05) is 12.5 Å². The van der Waals surface area contributed by atoms with Crippen molar-refractivity contribution in [2.75, 3.05) is 12.5 Å². The number of hydrogen-bond acceptors (Lipinski definition) is 5. The number of hydrogen-bond donors (Lipinski definition) is 2. The maximum absolute atomic E-state index is 11.5. The summed E-state index contributed by atoms with van der Waals surface area (Å²) in [5, 5.41) is 11.5. The molecule has 1 atom stereocenters. The van der Waals surface area contributed by atoms with Gasteiger partial charge in [0.15, 0.2) is 0 Å². The number of thioether (sulfide) groups is 2. The molecular formula is C11H21NO4S2. The van der Waals surface area contributed by atoms with E-state index in [9.17, 15) is 9.59 Å². The lowest BCUT2D eigenvalue weighted by molar-refractivity contribution is -0.139. The summed E-state index contributed by atoms with van der Waals surface area (Å²) in [6, 6.07) is -0.926. The van der Waals surface area contributed by atoms with Gasteiger partial charge >= 0.3 is 12.1 Å². The molecule has 106 valence electrons. The molecule has 0 aliphatic rings. The first-order chi connectivity index (χ1) is 8.19. The first-order valence-corrected chi connectivity index (χ1v) is 8.05. The van der Waals surface area contributed by atoms with Crippen LogP contribution in [0.5, 0.6) is 0 Å². The van der Waals surface area contributed by atoms with Crippen LogP contribution in [0.1, 0.15) is 27.2 Å². The predicted molar refractivity (Wildman–Crippen MR) is 76.2 cm³/mol. The zero-order valence-electron chi connectivity index (χ0n) is 11.4. The minimum Gasteiger partial charge on any atom is -0.480 e. The van der Waals surface area contributed by atoms with Crippen LogP contribution in [0, 0.1) is 0 Å². The van der Waals surface area contributed by atoms with Crippen LogP contribution >= 0.6 is 23.5 Å². The van der Waals surface area contributed by atoms with E-state index in [1.165, 1.54) is 0 Å². The van der Waals surface area contributed by atoms with Crippen LogP contribution in [0.3, 0.4) is 0 Å². The fourth-order valence-electron chi connectivity index (χ4n) is 1.15. The summed E-state index contributed by atoms with van der Waals surface area (Å²) < 4.78 is 5.17. The van der Waals surface area contributed by atoms with Crippen LogP contribution in [-0.4, -0.2) is 45.9 Å². The van der Waals surface area contributed by atoms with Gasteiger partial charge < -0.3 is 15.2 Å². The van der Waals surface area contributed by atoms with Crippen molar-refractivity contribution in [1.82, 2.24) is 5.32 Å². The van der Waals surface area contributed by atoms with Gasteiger partial charge in [-0.05, 0) is 39.7 Å². The Kier molecular flexibility index (Phi) is 7.54. The Bertz CT molecular complexity index is 287. The maximum Gasteiger partial charge on any atom is 0.408 e. The Morgan fingerprint density at radius 3 is 2.11 bits per heavy atom. The average molecular weight is 295 g/mol. The number of carbonyl (C=O) groups is 2. The molecule has 2 N–H and O–H groups in total. The molecule has 0 aromatic heterocycles. The second-order valence-electron chi connectivity index (χ2n) is 4.67. The van der Waals surface area contributed by atoms with E-state index < -0.39 is 23.7 Å². The molecule has 1 amide bonds. The normalized spacial score (nSPS) is 13.2. The van der Waals surface area contributed by atoms with Gasteiger partial charge in [0.2, 0.25) is 0 Å². The molecule has 5 nitrogen and oxygen atoms in total. The van der Waals surface area contributed by atoms with E-state index in [1.54, 1.807) is 44.3 Å². The van der Waals surface area contributed by atoms with Crippen LogP contribution in [0.15, 0.2) is 0 Å². The number of carboxylic acids is 1. The van der Waals surface area contributed by atoms with Crippen LogP contribution < -0.4 is 5.32 Å². The van der Waals surface area contributed by atoms with Gasteiger partial charge in [-0.1, -0.05) is 0 Å². The summed E-state index contributed by atoms with van der Waals surface area (Å²) in [4.78, 5) is 22.6. The van der Waals surface area contributed by atoms with Crippen molar-refractivity contribution in [1.29, 1.82) is 0 Å². The quantitative estimate of drug-likeness (QED) is 0.733. The van der Waals surface area contributed by atoms with Crippen LogP contribution in [0.4, 0.5) is 4.79 Å². The van der Waals surface area contributed by atoms with E-state index in [0.717, 1.165) is 0 Å². The van der Waals surface area contributed by atoms with Gasteiger partial charge in [0.25, 0.3) is 0 Å². The van der Waals surface area contributed by atoms with Crippen LogP contribution in [-0.2, 0) is 9.53 Å². The molecule has 0 saturated heterocycles. The fourth-order valence-corrected chi connectivity index (χ4v) is 2.69. The van der Waals surface area contributed by atoms with Crippen molar-refractivity contribution in [3.63, 3.8) is 0 Å². The van der Waals surface area contributed by atoms with Crippen molar-refractivity contribution in [2.45, 2.75) is 43.4 Å². The number of carbonyl (C=O) groups excluding carboxylic acids is 1. The Hall–Kier alpha value is -0.560. The second kappa shape index (κ2) is 7.78. The summed E-state index contributed by atoms with van der Waals surface area (Å²) in [6.07, 6.45) is 3.48. The van der Waals surface area contributed by atoms with E-state index in [-0.39, 0.29) is 4.58 Å². The SMILES string of the molecule is CSC(C[C@H](NC(=O)OC(C)(C)C)C(=O)O)SC. The highest BCUT2D eigenvalue weighted by Crippen LogP contribution is 2.23. The van der Waals surface area contributed by atoms with Crippen LogP contribution in [0.25, 0.3) is 0 Å². The van der Waals surface area contributed by atoms with Gasteiger partial charge in [0.05, 0.1) is 4.58 Å². The van der Waals surface area contributed by atoms with Gasteiger partial charge in [-0.15, -0.1) is 0 Å². The number of nitrogens with one attached hydrogen (secondary N) is 1. The summed E-state index contributed by atoms with van der Waals surface area (Å²) in [6.45, 7) is 5.19. The fraction of sp³-hybridized carbons (Fsp3) is 0.818. The zero-order chi connectivity index (χ0) is 14.3. The molecule has 0 unspecified atom stereocenters. The van der Waals surface area contributed by atoms with E-state index in [4.69, 9.17) is 9.84 Å². The third kappa shape index (κ3) is 7.71. The number of ether oxygens (including phenoxy) is 1. The topological polar surface area (TPSA) is 75.6 Å². The minimum atomic E-state index is -1.05. The van der Waals surface area contributed by atoms with E-state index >= 15 is 0 Å². The molecule has 0 fully saturated rings. The van der Waals surface area contributed by atoms with Crippen molar-refractivity contribution in [2.24, 2.45) is 0 Å². The van der Waals surface area contributed by atoms with Gasteiger partial charge in [0, 0.05) is 0 Å². The summed E-state index contributed by atoms with van der Waals surface area (Å²) >= 11 is 3.13. The lowest BCUT2D eigenvalue weighted by Crippen LogP contribution is -2.44. The number of alkyl carbamates (subject to hydrolysis) is 1. The standard InChI is InChI=1S/C11H21NO4S2/c1-11(2,3)16-10(15)12-7(9(13)14)6-8(17-4)18-5/h7-8H,6H2,1-5H3,(H,12,15)(H,13,14)/t7-/m0/s1. The highest BCUT2D eigenvalue weighted by molar-refractivity contribution is 8.16. The zero-order valence-corrected chi connectivity index (χ0v) is 13.0. The first kappa shape index (κ1) is 17.4. The Morgan fingerprint density at radius 1 is 1.28 bits per heavy atom. The Labute approximate surface area is 116 Å². The van der Waals surface area contributed by atoms with Crippen molar-refractivity contribution in [3.05, 3.63) is 0 Å². The summed E-state index contributed by atoms with van der Waals surface area (Å²) in [5.41, 5.74) is -0.633. The molecular weight excluding hydrogens is 274 g/mol. The molecule has 0 spiro atoms. The largest absolute Gasteiger partial charge is 0.480 e.